The Labute approximate surface area is 141 Å². The van der Waals surface area contributed by atoms with Crippen molar-refractivity contribution in [3.05, 3.63) is 21.3 Å². The maximum absolute atomic E-state index is 12.2. The van der Waals surface area contributed by atoms with E-state index in [0.717, 1.165) is 28.7 Å². The van der Waals surface area contributed by atoms with Gasteiger partial charge in [-0.15, -0.1) is 23.7 Å². The first-order valence-electron chi connectivity index (χ1n) is 6.99. The molecule has 0 aliphatic carbocycles. The zero-order chi connectivity index (χ0) is 14.5. The fraction of sp³-hybridized carbons (Fsp3) is 0.643. The Kier molecular flexibility index (Phi) is 7.98. The number of thiophene rings is 1. The number of piperidine rings is 1. The first kappa shape index (κ1) is 18.7. The summed E-state index contributed by atoms with van der Waals surface area (Å²) in [6.07, 6.45) is 2.32. The van der Waals surface area contributed by atoms with Crippen molar-refractivity contribution in [3.8, 4) is 0 Å². The monoisotopic (exact) mass is 351 g/mol. The zero-order valence-corrected chi connectivity index (χ0v) is 14.6. The molecule has 1 aliphatic heterocycles. The van der Waals surface area contributed by atoms with Crippen LogP contribution in [0.3, 0.4) is 0 Å². The molecule has 0 bridgehead atoms. The Hall–Kier alpha value is -0.330. The number of hydrogen-bond acceptors (Lipinski definition) is 4. The molecule has 2 N–H and O–H groups in total. The van der Waals surface area contributed by atoms with Gasteiger partial charge in [0.25, 0.3) is 0 Å². The molecule has 1 aromatic heterocycles. The lowest BCUT2D eigenvalue weighted by Crippen LogP contribution is -2.44. The predicted octanol–water partition coefficient (Wildman–Crippen LogP) is 2.45. The van der Waals surface area contributed by atoms with Gasteiger partial charge in [-0.25, -0.2) is 0 Å². The van der Waals surface area contributed by atoms with Crippen LogP contribution in [0.15, 0.2) is 12.1 Å². The molecular formula is C14H23Cl2N3OS. The van der Waals surface area contributed by atoms with Crippen LogP contribution in [-0.4, -0.2) is 48.9 Å². The SMILES string of the molecule is CN(Cc1ccc(Cl)s1)C(=O)CN1CCCC(CN)C1.Cl. The summed E-state index contributed by atoms with van der Waals surface area (Å²) in [6, 6.07) is 3.85. The van der Waals surface area contributed by atoms with E-state index in [-0.39, 0.29) is 18.3 Å². The number of likely N-dealkylation sites (N-methyl/N-ethyl adjacent to an activating group) is 1. The standard InChI is InChI=1S/C14H22ClN3OS.ClH/c1-17(9-12-4-5-13(15)20-12)14(19)10-18-6-2-3-11(7-16)8-18;/h4-5,11H,2-3,6-10,16H2,1H3;1H. The average Bonchev–Trinajstić information content (AvgIpc) is 2.84. The molecule has 2 rings (SSSR count). The van der Waals surface area contributed by atoms with E-state index in [1.165, 1.54) is 17.8 Å². The maximum Gasteiger partial charge on any atom is 0.236 e. The first-order valence-corrected chi connectivity index (χ1v) is 8.18. The lowest BCUT2D eigenvalue weighted by molar-refractivity contribution is -0.132. The third-order valence-corrected chi connectivity index (χ3v) is 4.96. The van der Waals surface area contributed by atoms with Gasteiger partial charge in [-0.1, -0.05) is 11.6 Å². The number of halogens is 2. The van der Waals surface area contributed by atoms with Gasteiger partial charge in [-0.2, -0.15) is 0 Å². The fourth-order valence-electron chi connectivity index (χ4n) is 2.56. The smallest absolute Gasteiger partial charge is 0.236 e. The third kappa shape index (κ3) is 5.75. The Morgan fingerprint density at radius 3 is 2.95 bits per heavy atom. The van der Waals surface area contributed by atoms with E-state index < -0.39 is 0 Å². The van der Waals surface area contributed by atoms with Crippen molar-refractivity contribution >= 4 is 41.3 Å². The molecule has 7 heteroatoms. The Morgan fingerprint density at radius 2 is 2.33 bits per heavy atom. The molecule has 0 spiro atoms. The maximum atomic E-state index is 12.2. The summed E-state index contributed by atoms with van der Waals surface area (Å²) in [5, 5.41) is 0. The molecule has 1 aliphatic rings. The largest absolute Gasteiger partial charge is 0.340 e. The van der Waals surface area contributed by atoms with Crippen molar-refractivity contribution in [1.29, 1.82) is 0 Å². The van der Waals surface area contributed by atoms with Crippen LogP contribution in [0.5, 0.6) is 0 Å². The van der Waals surface area contributed by atoms with Gasteiger partial charge < -0.3 is 10.6 Å². The molecule has 1 fully saturated rings. The van der Waals surface area contributed by atoms with E-state index in [0.29, 0.717) is 25.6 Å². The molecule has 1 atom stereocenters. The third-order valence-electron chi connectivity index (χ3n) is 3.74. The van der Waals surface area contributed by atoms with E-state index in [9.17, 15) is 4.79 Å². The van der Waals surface area contributed by atoms with E-state index >= 15 is 0 Å². The molecule has 1 aromatic rings. The van der Waals surface area contributed by atoms with Crippen LogP contribution in [0, 0.1) is 5.92 Å². The second-order valence-corrected chi connectivity index (χ2v) is 7.23. The van der Waals surface area contributed by atoms with Gasteiger partial charge in [0, 0.05) is 18.5 Å². The second kappa shape index (κ2) is 8.96. The highest BCUT2D eigenvalue weighted by Crippen LogP contribution is 2.22. The van der Waals surface area contributed by atoms with Gasteiger partial charge in [0.05, 0.1) is 17.4 Å². The van der Waals surface area contributed by atoms with Crippen molar-refractivity contribution in [2.24, 2.45) is 11.7 Å². The lowest BCUT2D eigenvalue weighted by atomic mass is 9.98. The second-order valence-electron chi connectivity index (χ2n) is 5.43. The van der Waals surface area contributed by atoms with Crippen LogP contribution in [-0.2, 0) is 11.3 Å². The van der Waals surface area contributed by atoms with Crippen molar-refractivity contribution in [2.45, 2.75) is 19.4 Å². The highest BCUT2D eigenvalue weighted by molar-refractivity contribution is 7.16. The van der Waals surface area contributed by atoms with Gasteiger partial charge in [-0.3, -0.25) is 9.69 Å². The summed E-state index contributed by atoms with van der Waals surface area (Å²) < 4.78 is 0.766. The van der Waals surface area contributed by atoms with Crippen molar-refractivity contribution < 1.29 is 4.79 Å². The molecule has 1 unspecified atom stereocenters. The van der Waals surface area contributed by atoms with E-state index in [4.69, 9.17) is 17.3 Å². The van der Waals surface area contributed by atoms with Gasteiger partial charge in [-0.05, 0) is 44.0 Å². The number of hydrogen-bond donors (Lipinski definition) is 1. The molecule has 4 nitrogen and oxygen atoms in total. The molecular weight excluding hydrogens is 329 g/mol. The summed E-state index contributed by atoms with van der Waals surface area (Å²) in [7, 11) is 1.85. The van der Waals surface area contributed by atoms with Gasteiger partial charge in [0.1, 0.15) is 0 Å². The minimum Gasteiger partial charge on any atom is -0.340 e. The quantitative estimate of drug-likeness (QED) is 0.886. The van der Waals surface area contributed by atoms with Crippen LogP contribution in [0.2, 0.25) is 4.34 Å². The van der Waals surface area contributed by atoms with Crippen LogP contribution >= 0.6 is 35.3 Å². The van der Waals surface area contributed by atoms with Crippen molar-refractivity contribution in [2.75, 3.05) is 33.2 Å². The molecule has 0 aromatic carbocycles. The highest BCUT2D eigenvalue weighted by Gasteiger charge is 2.22. The molecule has 0 saturated carbocycles. The fourth-order valence-corrected chi connectivity index (χ4v) is 3.70. The van der Waals surface area contributed by atoms with E-state index in [2.05, 4.69) is 4.90 Å². The number of rotatable bonds is 5. The predicted molar refractivity (Wildman–Crippen MR) is 91.3 cm³/mol. The highest BCUT2D eigenvalue weighted by atomic mass is 35.5. The van der Waals surface area contributed by atoms with Crippen LogP contribution < -0.4 is 5.73 Å². The number of carbonyl (C=O) groups is 1. The first-order chi connectivity index (χ1) is 9.58. The normalized spacial score (nSPS) is 19.1. The zero-order valence-electron chi connectivity index (χ0n) is 12.3. The van der Waals surface area contributed by atoms with Gasteiger partial charge >= 0.3 is 0 Å². The summed E-state index contributed by atoms with van der Waals surface area (Å²) in [5.74, 6) is 0.699. The Balaban J connectivity index is 0.00000220. The number of nitrogens with two attached hydrogens (primary N) is 1. The minimum atomic E-state index is 0. The number of likely N-dealkylation sites (tertiary alicyclic amines) is 1. The van der Waals surface area contributed by atoms with Crippen LogP contribution in [0.25, 0.3) is 0 Å². The molecule has 1 amide bonds. The van der Waals surface area contributed by atoms with Crippen molar-refractivity contribution in [1.82, 2.24) is 9.80 Å². The molecule has 21 heavy (non-hydrogen) atoms. The van der Waals surface area contributed by atoms with Gasteiger partial charge in [0.15, 0.2) is 0 Å². The minimum absolute atomic E-state index is 0. The van der Waals surface area contributed by atoms with Crippen LogP contribution in [0.1, 0.15) is 17.7 Å². The summed E-state index contributed by atoms with van der Waals surface area (Å²) >= 11 is 7.43. The molecule has 0 radical (unpaired) electrons. The van der Waals surface area contributed by atoms with Gasteiger partial charge in [0.2, 0.25) is 5.91 Å². The van der Waals surface area contributed by atoms with E-state index in [1.54, 1.807) is 4.90 Å². The number of carbonyl (C=O) groups excluding carboxylic acids is 1. The number of amides is 1. The molecule has 2 heterocycles. The van der Waals surface area contributed by atoms with Crippen molar-refractivity contribution in [3.63, 3.8) is 0 Å². The van der Waals surface area contributed by atoms with E-state index in [1.807, 2.05) is 19.2 Å². The van der Waals surface area contributed by atoms with Crippen LogP contribution in [0.4, 0.5) is 0 Å². The lowest BCUT2D eigenvalue weighted by Gasteiger charge is -2.32. The Bertz CT molecular complexity index is 455. The average molecular weight is 352 g/mol. The summed E-state index contributed by atoms with van der Waals surface area (Å²) in [5.41, 5.74) is 5.73. The Morgan fingerprint density at radius 1 is 1.57 bits per heavy atom. The topological polar surface area (TPSA) is 49.6 Å². The molecule has 1 saturated heterocycles. The summed E-state index contributed by atoms with van der Waals surface area (Å²) in [6.45, 7) is 3.78. The number of nitrogens with zero attached hydrogens (tertiary/aromatic N) is 2. The molecule has 120 valence electrons. The summed E-state index contributed by atoms with van der Waals surface area (Å²) in [4.78, 5) is 17.4.